The van der Waals surface area contributed by atoms with Crippen molar-refractivity contribution in [3.63, 3.8) is 0 Å². The van der Waals surface area contributed by atoms with E-state index in [0.717, 1.165) is 17.8 Å². The van der Waals surface area contributed by atoms with Crippen LogP contribution in [0.2, 0.25) is 5.02 Å². The molecule has 0 spiro atoms. The Morgan fingerprint density at radius 2 is 2.38 bits per heavy atom. The molecule has 0 aliphatic rings. The Hall–Kier alpha value is -1.06. The van der Waals surface area contributed by atoms with E-state index in [9.17, 15) is 0 Å². The molecule has 4 heteroatoms. The number of hydrogen-bond acceptors (Lipinski definition) is 2. The van der Waals surface area contributed by atoms with Gasteiger partial charge in [-0.1, -0.05) is 11.6 Å². The fourth-order valence-electron chi connectivity index (χ4n) is 1.36. The van der Waals surface area contributed by atoms with Crippen LogP contribution in [-0.2, 0) is 6.42 Å². The highest BCUT2D eigenvalue weighted by Gasteiger charge is 2.03. The fraction of sp³-hybridized carbons (Fsp3) is 0.222. The van der Waals surface area contributed by atoms with Crippen molar-refractivity contribution in [2.45, 2.75) is 6.42 Å². The monoisotopic (exact) mass is 195 g/mol. The third kappa shape index (κ3) is 1.41. The first-order chi connectivity index (χ1) is 6.33. The molecule has 2 aromatic heterocycles. The molecule has 0 saturated heterocycles. The molecule has 2 N–H and O–H groups in total. The Kier molecular flexibility index (Phi) is 2.20. The lowest BCUT2D eigenvalue weighted by molar-refractivity contribution is 0.905. The Balaban J connectivity index is 2.61. The molecule has 0 aliphatic carbocycles. The highest BCUT2D eigenvalue weighted by atomic mass is 35.5. The topological polar surface area (TPSA) is 43.3 Å². The quantitative estimate of drug-likeness (QED) is 0.789. The van der Waals surface area contributed by atoms with Crippen molar-refractivity contribution < 1.29 is 0 Å². The summed E-state index contributed by atoms with van der Waals surface area (Å²) in [6.07, 6.45) is 4.58. The number of nitrogens with two attached hydrogens (primary N) is 1. The Morgan fingerprint density at radius 1 is 1.54 bits per heavy atom. The summed E-state index contributed by atoms with van der Waals surface area (Å²) in [7, 11) is 0. The molecule has 0 aromatic carbocycles. The van der Waals surface area contributed by atoms with Gasteiger partial charge in [0.15, 0.2) is 5.65 Å². The van der Waals surface area contributed by atoms with E-state index in [2.05, 4.69) is 4.98 Å². The van der Waals surface area contributed by atoms with Crippen LogP contribution in [0.25, 0.3) is 5.65 Å². The minimum Gasteiger partial charge on any atom is -0.330 e. The van der Waals surface area contributed by atoms with Crippen molar-refractivity contribution in [1.82, 2.24) is 9.38 Å². The molecule has 0 amide bonds. The first-order valence-corrected chi connectivity index (χ1v) is 4.51. The molecule has 2 heterocycles. The molecule has 0 unspecified atom stereocenters. The highest BCUT2D eigenvalue weighted by molar-refractivity contribution is 6.33. The van der Waals surface area contributed by atoms with Crippen molar-refractivity contribution in [3.05, 3.63) is 35.2 Å². The predicted molar refractivity (Wildman–Crippen MR) is 53.0 cm³/mol. The summed E-state index contributed by atoms with van der Waals surface area (Å²) in [5.74, 6) is 0. The molecule has 2 aromatic rings. The highest BCUT2D eigenvalue weighted by Crippen LogP contribution is 2.16. The molecule has 0 saturated carbocycles. The molecule has 0 bridgehead atoms. The van der Waals surface area contributed by atoms with E-state index in [1.165, 1.54) is 0 Å². The van der Waals surface area contributed by atoms with Gasteiger partial charge in [0.2, 0.25) is 0 Å². The van der Waals surface area contributed by atoms with Gasteiger partial charge >= 0.3 is 0 Å². The van der Waals surface area contributed by atoms with Gasteiger partial charge in [-0.25, -0.2) is 4.98 Å². The molecule has 2 rings (SSSR count). The van der Waals surface area contributed by atoms with E-state index in [-0.39, 0.29) is 0 Å². The molecule has 68 valence electrons. The van der Waals surface area contributed by atoms with Crippen LogP contribution >= 0.6 is 11.6 Å². The van der Waals surface area contributed by atoms with E-state index < -0.39 is 0 Å². The van der Waals surface area contributed by atoms with Crippen LogP contribution in [0, 0.1) is 0 Å². The average Bonchev–Trinajstić information content (AvgIpc) is 2.51. The largest absolute Gasteiger partial charge is 0.330 e. The smallest absolute Gasteiger partial charge is 0.155 e. The number of rotatable bonds is 2. The maximum atomic E-state index is 5.96. The Morgan fingerprint density at radius 3 is 3.15 bits per heavy atom. The number of aromatic nitrogens is 2. The first kappa shape index (κ1) is 8.53. The van der Waals surface area contributed by atoms with E-state index in [1.807, 2.05) is 28.9 Å². The zero-order valence-corrected chi connectivity index (χ0v) is 7.83. The number of imidazole rings is 1. The van der Waals surface area contributed by atoms with Gasteiger partial charge < -0.3 is 10.1 Å². The third-order valence-corrected chi connectivity index (χ3v) is 2.26. The second kappa shape index (κ2) is 3.36. The molecule has 13 heavy (non-hydrogen) atoms. The predicted octanol–water partition coefficient (Wildman–Crippen LogP) is 1.49. The molecule has 3 nitrogen and oxygen atoms in total. The van der Waals surface area contributed by atoms with Gasteiger partial charge in [-0.15, -0.1) is 0 Å². The van der Waals surface area contributed by atoms with Crippen LogP contribution in [0.5, 0.6) is 0 Å². The van der Waals surface area contributed by atoms with Crippen LogP contribution in [0.3, 0.4) is 0 Å². The number of fused-ring (bicyclic) bond motifs is 1. The minimum absolute atomic E-state index is 0.625. The zero-order valence-electron chi connectivity index (χ0n) is 7.07. The molecule has 0 radical (unpaired) electrons. The van der Waals surface area contributed by atoms with Crippen molar-refractivity contribution in [1.29, 1.82) is 0 Å². The van der Waals surface area contributed by atoms with Crippen molar-refractivity contribution in [3.8, 4) is 0 Å². The van der Waals surface area contributed by atoms with E-state index in [1.54, 1.807) is 0 Å². The maximum absolute atomic E-state index is 5.96. The van der Waals surface area contributed by atoms with Crippen LogP contribution in [-0.4, -0.2) is 15.9 Å². The van der Waals surface area contributed by atoms with Crippen LogP contribution in [0.4, 0.5) is 0 Å². The number of nitrogens with zero attached hydrogens (tertiary/aromatic N) is 2. The average molecular weight is 196 g/mol. The van der Waals surface area contributed by atoms with Gasteiger partial charge in [0.05, 0.1) is 5.02 Å². The van der Waals surface area contributed by atoms with Crippen molar-refractivity contribution in [2.24, 2.45) is 5.73 Å². The Bertz CT molecular complexity index is 422. The van der Waals surface area contributed by atoms with Crippen molar-refractivity contribution >= 4 is 17.2 Å². The summed E-state index contributed by atoms with van der Waals surface area (Å²) < 4.78 is 1.97. The first-order valence-electron chi connectivity index (χ1n) is 4.13. The summed E-state index contributed by atoms with van der Waals surface area (Å²) in [6, 6.07) is 3.73. The zero-order chi connectivity index (χ0) is 9.26. The van der Waals surface area contributed by atoms with Crippen LogP contribution in [0.1, 0.15) is 5.69 Å². The lowest BCUT2D eigenvalue weighted by Crippen LogP contribution is -2.04. The second-order valence-electron chi connectivity index (χ2n) is 2.84. The van der Waals surface area contributed by atoms with Crippen molar-refractivity contribution in [2.75, 3.05) is 6.54 Å². The SMILES string of the molecule is NCCc1cnc2c(Cl)cccn12. The minimum atomic E-state index is 0.625. The van der Waals surface area contributed by atoms with Crippen LogP contribution in [0.15, 0.2) is 24.5 Å². The summed E-state index contributed by atoms with van der Waals surface area (Å²) in [6.45, 7) is 0.625. The summed E-state index contributed by atoms with van der Waals surface area (Å²) in [5, 5.41) is 0.672. The normalized spacial score (nSPS) is 10.9. The Labute approximate surface area is 81.1 Å². The summed E-state index contributed by atoms with van der Waals surface area (Å²) in [4.78, 5) is 4.21. The number of halogens is 1. The van der Waals surface area contributed by atoms with Gasteiger partial charge in [0.1, 0.15) is 0 Å². The molecular formula is C9H10ClN3. The van der Waals surface area contributed by atoms with E-state index in [4.69, 9.17) is 17.3 Å². The van der Waals surface area contributed by atoms with Gasteiger partial charge in [-0.05, 0) is 18.7 Å². The maximum Gasteiger partial charge on any atom is 0.155 e. The van der Waals surface area contributed by atoms with Gasteiger partial charge in [-0.3, -0.25) is 0 Å². The van der Waals surface area contributed by atoms with Gasteiger partial charge in [0.25, 0.3) is 0 Å². The lowest BCUT2D eigenvalue weighted by Gasteiger charge is -1.99. The van der Waals surface area contributed by atoms with Crippen LogP contribution < -0.4 is 5.73 Å². The molecule has 0 atom stereocenters. The van der Waals surface area contributed by atoms with Gasteiger partial charge in [0, 0.05) is 24.5 Å². The molecule has 0 aliphatic heterocycles. The standard InChI is InChI=1S/C9H10ClN3/c10-8-2-1-5-13-7(3-4-11)6-12-9(8)13/h1-2,5-6H,3-4,11H2. The second-order valence-corrected chi connectivity index (χ2v) is 3.25. The van der Waals surface area contributed by atoms with E-state index in [0.29, 0.717) is 11.6 Å². The summed E-state index contributed by atoms with van der Waals surface area (Å²) in [5.41, 5.74) is 7.37. The fourth-order valence-corrected chi connectivity index (χ4v) is 1.57. The summed E-state index contributed by atoms with van der Waals surface area (Å²) >= 11 is 5.96. The molecule has 0 fully saturated rings. The third-order valence-electron chi connectivity index (χ3n) is 1.97. The lowest BCUT2D eigenvalue weighted by atomic mass is 10.3. The molecular weight excluding hydrogens is 186 g/mol. The van der Waals surface area contributed by atoms with Gasteiger partial charge in [-0.2, -0.15) is 0 Å². The number of hydrogen-bond donors (Lipinski definition) is 1. The van der Waals surface area contributed by atoms with E-state index >= 15 is 0 Å². The number of pyridine rings is 1.